The van der Waals surface area contributed by atoms with Crippen LogP contribution in [0.15, 0.2) is 65.9 Å². The van der Waals surface area contributed by atoms with Crippen molar-refractivity contribution in [2.45, 2.75) is 50.1 Å². The Morgan fingerprint density at radius 2 is 1.78 bits per heavy atom. The van der Waals surface area contributed by atoms with Gasteiger partial charge in [0.25, 0.3) is 5.91 Å². The molecule has 1 amide bonds. The first-order chi connectivity index (χ1) is 17.4. The van der Waals surface area contributed by atoms with Gasteiger partial charge in [0.05, 0.1) is 17.7 Å². The molecule has 1 unspecified atom stereocenters. The first kappa shape index (κ1) is 28.6. The number of carbonyl (C=O) groups excluding carboxylic acids is 1. The minimum Gasteiger partial charge on any atom is -0.390 e. The molecule has 0 fully saturated rings. The van der Waals surface area contributed by atoms with Gasteiger partial charge in [-0.15, -0.1) is 0 Å². The molecule has 1 heterocycles. The van der Waals surface area contributed by atoms with Gasteiger partial charge in [-0.25, -0.2) is 8.78 Å². The number of nitrogens with one attached hydrogen (secondary N) is 3. The van der Waals surface area contributed by atoms with Crippen LogP contribution in [0.4, 0.5) is 22.0 Å². The second-order valence-corrected chi connectivity index (χ2v) is 9.13. The Labute approximate surface area is 216 Å². The van der Waals surface area contributed by atoms with Gasteiger partial charge in [0.1, 0.15) is 22.8 Å². The van der Waals surface area contributed by atoms with Crippen molar-refractivity contribution in [2.24, 2.45) is 0 Å². The summed E-state index contributed by atoms with van der Waals surface area (Å²) in [5.41, 5.74) is -0.594. The predicted octanol–water partition coefficient (Wildman–Crippen LogP) is 4.25. The van der Waals surface area contributed by atoms with E-state index < -0.39 is 52.6 Å². The number of allylic oxidation sites excluding steroid dienone is 2. The lowest BCUT2D eigenvalue weighted by Crippen LogP contribution is -2.50. The van der Waals surface area contributed by atoms with E-state index in [0.29, 0.717) is 18.7 Å². The zero-order valence-corrected chi connectivity index (χ0v) is 20.6. The van der Waals surface area contributed by atoms with Crippen LogP contribution in [-0.4, -0.2) is 41.4 Å². The number of alkyl halides is 4. The van der Waals surface area contributed by atoms with Crippen LogP contribution in [0.3, 0.4) is 0 Å². The Kier molecular flexibility index (Phi) is 9.69. The van der Waals surface area contributed by atoms with Crippen LogP contribution < -0.4 is 16.0 Å². The number of dihydropyridines is 1. The van der Waals surface area contributed by atoms with Crippen molar-refractivity contribution in [3.05, 3.63) is 94.2 Å². The summed E-state index contributed by atoms with van der Waals surface area (Å²) in [6, 6.07) is 9.49. The summed E-state index contributed by atoms with van der Waals surface area (Å²) in [5, 5.41) is 18.8. The van der Waals surface area contributed by atoms with E-state index in [1.165, 1.54) is 0 Å². The molecule has 0 spiro atoms. The van der Waals surface area contributed by atoms with E-state index in [1.54, 1.807) is 0 Å². The Morgan fingerprint density at radius 3 is 2.43 bits per heavy atom. The quantitative estimate of drug-likeness (QED) is 0.205. The fourth-order valence-corrected chi connectivity index (χ4v) is 4.13. The number of hydrogen-bond donors (Lipinski definition) is 4. The summed E-state index contributed by atoms with van der Waals surface area (Å²) < 4.78 is 67.0. The lowest BCUT2D eigenvalue weighted by atomic mass is 10.00. The van der Waals surface area contributed by atoms with E-state index in [-0.39, 0.29) is 18.5 Å². The van der Waals surface area contributed by atoms with Crippen molar-refractivity contribution in [1.29, 1.82) is 0 Å². The number of rotatable bonds is 10. The molecule has 200 valence electrons. The summed E-state index contributed by atoms with van der Waals surface area (Å²) in [6.07, 6.45) is -3.98. The number of halogens is 6. The Morgan fingerprint density at radius 1 is 1.11 bits per heavy atom. The van der Waals surface area contributed by atoms with E-state index in [1.807, 2.05) is 31.2 Å². The highest BCUT2D eigenvalue weighted by Gasteiger charge is 2.36. The Bertz CT molecular complexity index is 1150. The van der Waals surface area contributed by atoms with Crippen molar-refractivity contribution in [2.75, 3.05) is 6.54 Å². The van der Waals surface area contributed by atoms with Gasteiger partial charge in [0.15, 0.2) is 0 Å². The largest absolute Gasteiger partial charge is 0.416 e. The van der Waals surface area contributed by atoms with Crippen molar-refractivity contribution >= 4 is 17.5 Å². The molecular weight excluding hydrogens is 517 g/mol. The minimum absolute atomic E-state index is 0.0165. The molecule has 0 bridgehead atoms. The van der Waals surface area contributed by atoms with Gasteiger partial charge in [-0.2, -0.15) is 13.2 Å². The van der Waals surface area contributed by atoms with Crippen LogP contribution in [0.1, 0.15) is 23.6 Å². The van der Waals surface area contributed by atoms with E-state index in [2.05, 4.69) is 16.0 Å². The number of benzene rings is 2. The van der Waals surface area contributed by atoms with Gasteiger partial charge in [0, 0.05) is 19.2 Å². The Hall–Kier alpha value is -2.95. The monoisotopic (exact) mass is 543 g/mol. The minimum atomic E-state index is -4.72. The highest BCUT2D eigenvalue weighted by atomic mass is 35.5. The third-order valence-corrected chi connectivity index (χ3v) is 5.97. The molecule has 1 aliphatic heterocycles. The number of amides is 1. The van der Waals surface area contributed by atoms with Crippen molar-refractivity contribution in [3.8, 4) is 0 Å². The third kappa shape index (κ3) is 8.55. The van der Waals surface area contributed by atoms with Crippen molar-refractivity contribution in [3.63, 3.8) is 0 Å². The third-order valence-electron chi connectivity index (χ3n) is 5.73. The highest BCUT2D eigenvalue weighted by Crippen LogP contribution is 2.30. The molecule has 3 rings (SSSR count). The molecule has 2 aromatic carbocycles. The van der Waals surface area contributed by atoms with E-state index in [9.17, 15) is 31.9 Å². The summed E-state index contributed by atoms with van der Waals surface area (Å²) in [7, 11) is 0. The highest BCUT2D eigenvalue weighted by molar-refractivity contribution is 6.22. The average molecular weight is 544 g/mol. The SMILES string of the molecule is CCc1cccc(CNC[C@H](O)[C@@H](Cc2cc(F)cc(F)c2)NC(=O)C2=CC(C(F)(F)F)=CC(Cl)N2)c1. The summed E-state index contributed by atoms with van der Waals surface area (Å²) in [6.45, 7) is 2.41. The van der Waals surface area contributed by atoms with Gasteiger partial charge >= 0.3 is 6.18 Å². The van der Waals surface area contributed by atoms with Gasteiger partial charge in [-0.3, -0.25) is 4.79 Å². The maximum absolute atomic E-state index is 13.7. The summed E-state index contributed by atoms with van der Waals surface area (Å²) in [5.74, 6) is -2.65. The van der Waals surface area contributed by atoms with Gasteiger partial charge in [0.2, 0.25) is 0 Å². The lowest BCUT2D eigenvalue weighted by molar-refractivity contribution is -0.119. The van der Waals surface area contributed by atoms with Crippen LogP contribution in [0.2, 0.25) is 0 Å². The van der Waals surface area contributed by atoms with Gasteiger partial charge in [-0.1, -0.05) is 42.8 Å². The molecule has 11 heteroatoms. The fraction of sp³-hybridized carbons (Fsp3) is 0.346. The van der Waals surface area contributed by atoms with Crippen LogP contribution in [-0.2, 0) is 24.2 Å². The lowest BCUT2D eigenvalue weighted by Gasteiger charge is -2.27. The molecule has 4 N–H and O–H groups in total. The predicted molar refractivity (Wildman–Crippen MR) is 131 cm³/mol. The van der Waals surface area contributed by atoms with Crippen LogP contribution in [0.5, 0.6) is 0 Å². The zero-order valence-electron chi connectivity index (χ0n) is 19.9. The molecule has 0 saturated carbocycles. The molecular formula is C26H27ClF5N3O2. The van der Waals surface area contributed by atoms with E-state index in [0.717, 1.165) is 35.8 Å². The van der Waals surface area contributed by atoms with E-state index in [4.69, 9.17) is 11.6 Å². The molecule has 1 aliphatic rings. The number of aliphatic hydroxyl groups is 1. The number of aliphatic hydroxyl groups excluding tert-OH is 1. The second-order valence-electron chi connectivity index (χ2n) is 8.66. The number of carbonyl (C=O) groups is 1. The maximum atomic E-state index is 13.7. The fourth-order valence-electron chi connectivity index (χ4n) is 3.88. The molecule has 3 atom stereocenters. The van der Waals surface area contributed by atoms with Crippen molar-refractivity contribution < 1.29 is 31.9 Å². The number of hydrogen-bond acceptors (Lipinski definition) is 4. The van der Waals surface area contributed by atoms with Crippen molar-refractivity contribution in [1.82, 2.24) is 16.0 Å². The zero-order chi connectivity index (χ0) is 27.2. The summed E-state index contributed by atoms with van der Waals surface area (Å²) >= 11 is 5.82. The second kappa shape index (κ2) is 12.5. The molecule has 37 heavy (non-hydrogen) atoms. The number of aryl methyl sites for hydroxylation is 1. The standard InChI is InChI=1S/C26H27ClF5N3O2/c1-2-15-4-3-5-16(6-15)13-33-14-23(36)21(9-17-7-19(28)12-20(29)8-17)35-25(37)22-10-18(26(30,31)32)11-24(27)34-22/h3-8,10-12,21,23-24,33-34,36H,2,9,13-14H2,1H3,(H,35,37)/t21-,23+,24?/m1/s1. The average Bonchev–Trinajstić information content (AvgIpc) is 2.82. The van der Waals surface area contributed by atoms with Crippen LogP contribution >= 0.6 is 11.6 Å². The van der Waals surface area contributed by atoms with Crippen LogP contribution in [0.25, 0.3) is 0 Å². The van der Waals surface area contributed by atoms with E-state index >= 15 is 0 Å². The molecule has 0 aromatic heterocycles. The first-order valence-electron chi connectivity index (χ1n) is 11.6. The first-order valence-corrected chi connectivity index (χ1v) is 12.0. The normalized spacial score (nSPS) is 17.4. The maximum Gasteiger partial charge on any atom is 0.416 e. The molecule has 0 radical (unpaired) electrons. The summed E-state index contributed by atoms with van der Waals surface area (Å²) in [4.78, 5) is 12.8. The smallest absolute Gasteiger partial charge is 0.390 e. The molecule has 5 nitrogen and oxygen atoms in total. The molecule has 2 aromatic rings. The Balaban J connectivity index is 1.75. The molecule has 0 aliphatic carbocycles. The van der Waals surface area contributed by atoms with Crippen LogP contribution in [0, 0.1) is 11.6 Å². The van der Waals surface area contributed by atoms with Gasteiger partial charge in [-0.05, 0) is 53.8 Å². The van der Waals surface area contributed by atoms with Gasteiger partial charge < -0.3 is 21.1 Å². The molecule has 0 saturated heterocycles. The topological polar surface area (TPSA) is 73.4 Å².